The molecule has 8 heteroatoms. The number of ether oxygens (including phenoxy) is 1. The van der Waals surface area contributed by atoms with Crippen LogP contribution in [0, 0.1) is 11.3 Å². The van der Waals surface area contributed by atoms with Gasteiger partial charge < -0.3 is 9.84 Å². The van der Waals surface area contributed by atoms with Gasteiger partial charge >= 0.3 is 5.97 Å². The second kappa shape index (κ2) is 7.73. The molecule has 0 heterocycles. The molecule has 0 aliphatic carbocycles. The molecule has 1 aromatic carbocycles. The van der Waals surface area contributed by atoms with Gasteiger partial charge in [-0.25, -0.2) is 13.2 Å². The van der Waals surface area contributed by atoms with Crippen molar-refractivity contribution in [2.24, 2.45) is 0 Å². The SMILES string of the molecule is COCCN(CCC#N)S(=O)(=O)c1cccc(C(=O)O)c1. The summed E-state index contributed by atoms with van der Waals surface area (Å²) in [6.45, 7) is 0.306. The third-order valence-corrected chi connectivity index (χ3v) is 4.63. The summed E-state index contributed by atoms with van der Waals surface area (Å²) in [5.41, 5.74) is -0.108. The Morgan fingerprint density at radius 1 is 1.43 bits per heavy atom. The Morgan fingerprint density at radius 2 is 2.14 bits per heavy atom. The molecular formula is C13H16N2O5S. The molecule has 1 N–H and O–H groups in total. The first-order valence-corrected chi connectivity index (χ1v) is 7.57. The highest BCUT2D eigenvalue weighted by Crippen LogP contribution is 2.17. The number of sulfonamides is 1. The Morgan fingerprint density at radius 3 is 2.71 bits per heavy atom. The first-order valence-electron chi connectivity index (χ1n) is 6.13. The minimum atomic E-state index is -3.86. The second-order valence-corrected chi connectivity index (χ2v) is 6.08. The zero-order chi connectivity index (χ0) is 15.9. The quantitative estimate of drug-likeness (QED) is 0.765. The van der Waals surface area contributed by atoms with E-state index in [2.05, 4.69) is 0 Å². The van der Waals surface area contributed by atoms with Gasteiger partial charge in [0, 0.05) is 26.6 Å². The fraction of sp³-hybridized carbons (Fsp3) is 0.385. The normalized spacial score (nSPS) is 11.3. The van der Waals surface area contributed by atoms with Crippen molar-refractivity contribution in [1.82, 2.24) is 4.31 Å². The van der Waals surface area contributed by atoms with Gasteiger partial charge in [0.25, 0.3) is 0 Å². The van der Waals surface area contributed by atoms with Gasteiger partial charge in [-0.15, -0.1) is 0 Å². The third-order valence-electron chi connectivity index (χ3n) is 2.74. The van der Waals surface area contributed by atoms with Crippen molar-refractivity contribution in [3.8, 4) is 6.07 Å². The Bertz CT molecular complexity index is 636. The molecule has 0 saturated heterocycles. The van der Waals surface area contributed by atoms with Gasteiger partial charge in [-0.1, -0.05) is 6.07 Å². The maximum Gasteiger partial charge on any atom is 0.335 e. The molecule has 0 aliphatic rings. The minimum absolute atomic E-state index is 0.0273. The van der Waals surface area contributed by atoms with Gasteiger partial charge in [0.2, 0.25) is 10.0 Å². The Labute approximate surface area is 123 Å². The summed E-state index contributed by atoms with van der Waals surface area (Å²) in [7, 11) is -2.42. The van der Waals surface area contributed by atoms with Crippen LogP contribution in [-0.2, 0) is 14.8 Å². The van der Waals surface area contributed by atoms with E-state index in [9.17, 15) is 13.2 Å². The van der Waals surface area contributed by atoms with E-state index in [1.54, 1.807) is 0 Å². The van der Waals surface area contributed by atoms with Gasteiger partial charge in [0.1, 0.15) is 0 Å². The van der Waals surface area contributed by atoms with E-state index in [1.807, 2.05) is 6.07 Å². The lowest BCUT2D eigenvalue weighted by atomic mass is 10.2. The molecular weight excluding hydrogens is 296 g/mol. The highest BCUT2D eigenvalue weighted by molar-refractivity contribution is 7.89. The zero-order valence-corrected chi connectivity index (χ0v) is 12.3. The largest absolute Gasteiger partial charge is 0.478 e. The summed E-state index contributed by atoms with van der Waals surface area (Å²) < 4.78 is 30.9. The molecule has 0 atom stereocenters. The molecule has 21 heavy (non-hydrogen) atoms. The topological polar surface area (TPSA) is 108 Å². The predicted molar refractivity (Wildman–Crippen MR) is 74.3 cm³/mol. The molecule has 0 aliphatic heterocycles. The summed E-state index contributed by atoms with van der Waals surface area (Å²) in [6.07, 6.45) is 0.0432. The van der Waals surface area contributed by atoms with E-state index in [0.29, 0.717) is 0 Å². The van der Waals surface area contributed by atoms with Crippen LogP contribution in [-0.4, -0.2) is 50.6 Å². The Hall–Kier alpha value is -1.95. The second-order valence-electron chi connectivity index (χ2n) is 4.14. The molecule has 0 bridgehead atoms. The number of carbonyl (C=O) groups is 1. The predicted octanol–water partition coefficient (Wildman–Crippen LogP) is 0.936. The molecule has 0 amide bonds. The number of carboxylic acids is 1. The van der Waals surface area contributed by atoms with Crippen molar-refractivity contribution in [3.05, 3.63) is 29.8 Å². The highest BCUT2D eigenvalue weighted by Gasteiger charge is 2.24. The average Bonchev–Trinajstić information content (AvgIpc) is 2.47. The molecule has 0 spiro atoms. The van der Waals surface area contributed by atoms with Crippen LogP contribution >= 0.6 is 0 Å². The van der Waals surface area contributed by atoms with Gasteiger partial charge in [0.15, 0.2) is 0 Å². The number of hydrogen-bond acceptors (Lipinski definition) is 5. The van der Waals surface area contributed by atoms with Crippen molar-refractivity contribution in [2.45, 2.75) is 11.3 Å². The lowest BCUT2D eigenvalue weighted by Crippen LogP contribution is -2.34. The van der Waals surface area contributed by atoms with Crippen LogP contribution in [0.15, 0.2) is 29.2 Å². The van der Waals surface area contributed by atoms with Gasteiger partial charge in [-0.05, 0) is 18.2 Å². The fourth-order valence-corrected chi connectivity index (χ4v) is 3.13. The molecule has 0 fully saturated rings. The van der Waals surface area contributed by atoms with Crippen LogP contribution in [0.25, 0.3) is 0 Å². The Balaban J connectivity index is 3.12. The maximum atomic E-state index is 12.5. The number of carboxylic acid groups (broad SMARTS) is 1. The molecule has 114 valence electrons. The molecule has 0 aromatic heterocycles. The number of hydrogen-bond donors (Lipinski definition) is 1. The van der Waals surface area contributed by atoms with Crippen molar-refractivity contribution >= 4 is 16.0 Å². The monoisotopic (exact) mass is 312 g/mol. The van der Waals surface area contributed by atoms with Gasteiger partial charge in [-0.3, -0.25) is 0 Å². The van der Waals surface area contributed by atoms with Crippen molar-refractivity contribution in [2.75, 3.05) is 26.8 Å². The third kappa shape index (κ3) is 4.53. The van der Waals surface area contributed by atoms with E-state index in [4.69, 9.17) is 15.1 Å². The average molecular weight is 312 g/mol. The molecule has 0 radical (unpaired) electrons. The van der Waals surface area contributed by atoms with Crippen molar-refractivity contribution < 1.29 is 23.1 Å². The highest BCUT2D eigenvalue weighted by atomic mass is 32.2. The van der Waals surface area contributed by atoms with Crippen LogP contribution < -0.4 is 0 Å². The van der Waals surface area contributed by atoms with Crippen LogP contribution in [0.5, 0.6) is 0 Å². The van der Waals surface area contributed by atoms with E-state index in [0.717, 1.165) is 10.4 Å². The van der Waals surface area contributed by atoms with E-state index in [-0.39, 0.29) is 36.6 Å². The fourth-order valence-electron chi connectivity index (χ4n) is 1.66. The van der Waals surface area contributed by atoms with Gasteiger partial charge in [0.05, 0.1) is 23.1 Å². The van der Waals surface area contributed by atoms with Crippen molar-refractivity contribution in [1.29, 1.82) is 5.26 Å². The first kappa shape index (κ1) is 17.1. The first-order chi connectivity index (χ1) is 9.93. The molecule has 0 unspecified atom stereocenters. The summed E-state index contributed by atoms with van der Waals surface area (Å²) in [5, 5.41) is 17.5. The van der Waals surface area contributed by atoms with Crippen LogP contribution in [0.4, 0.5) is 0 Å². The maximum absolute atomic E-state index is 12.5. The summed E-state index contributed by atoms with van der Waals surface area (Å²) in [6, 6.07) is 7.00. The Kier molecular flexibility index (Phi) is 6.30. The van der Waals surface area contributed by atoms with Crippen molar-refractivity contribution in [3.63, 3.8) is 0 Å². The minimum Gasteiger partial charge on any atom is -0.478 e. The van der Waals surface area contributed by atoms with Crippen LogP contribution in [0.1, 0.15) is 16.8 Å². The standard InChI is InChI=1S/C13H16N2O5S/c1-20-9-8-15(7-3-6-14)21(18,19)12-5-2-4-11(10-12)13(16)17/h2,4-5,10H,3,7-9H2,1H3,(H,16,17). The molecule has 0 saturated carbocycles. The number of methoxy groups -OCH3 is 1. The summed E-state index contributed by atoms with van der Waals surface area (Å²) in [4.78, 5) is 10.8. The number of rotatable bonds is 8. The number of nitriles is 1. The van der Waals surface area contributed by atoms with Crippen LogP contribution in [0.2, 0.25) is 0 Å². The smallest absolute Gasteiger partial charge is 0.335 e. The van der Waals surface area contributed by atoms with E-state index >= 15 is 0 Å². The molecule has 7 nitrogen and oxygen atoms in total. The van der Waals surface area contributed by atoms with E-state index in [1.165, 1.54) is 25.3 Å². The summed E-state index contributed by atoms with van der Waals surface area (Å²) in [5.74, 6) is -1.20. The van der Waals surface area contributed by atoms with E-state index < -0.39 is 16.0 Å². The van der Waals surface area contributed by atoms with Gasteiger partial charge in [-0.2, -0.15) is 9.57 Å². The number of aromatic carboxylic acids is 1. The summed E-state index contributed by atoms with van der Waals surface area (Å²) >= 11 is 0. The lowest BCUT2D eigenvalue weighted by molar-refractivity contribution is 0.0696. The molecule has 1 aromatic rings. The number of benzene rings is 1. The zero-order valence-electron chi connectivity index (χ0n) is 11.5. The number of nitrogens with zero attached hydrogens (tertiary/aromatic N) is 2. The van der Waals surface area contributed by atoms with Crippen LogP contribution in [0.3, 0.4) is 0 Å². The molecule has 1 rings (SSSR count). The lowest BCUT2D eigenvalue weighted by Gasteiger charge is -2.20.